The fourth-order valence-corrected chi connectivity index (χ4v) is 3.40. The Morgan fingerprint density at radius 3 is 2.48 bits per heavy atom. The van der Waals surface area contributed by atoms with Crippen LogP contribution in [0.4, 0.5) is 0 Å². The molecule has 0 radical (unpaired) electrons. The predicted octanol–water partition coefficient (Wildman–Crippen LogP) is 4.42. The van der Waals surface area contributed by atoms with E-state index in [2.05, 4.69) is 15.2 Å². The van der Waals surface area contributed by atoms with Crippen molar-refractivity contribution >= 4 is 10.8 Å². The molecule has 5 aromatic rings. The van der Waals surface area contributed by atoms with E-state index in [1.54, 1.807) is 31.4 Å². The normalized spacial score (nSPS) is 11.0. The number of ether oxygens (including phenoxy) is 1. The van der Waals surface area contributed by atoms with Crippen LogP contribution < -0.4 is 10.3 Å². The summed E-state index contributed by atoms with van der Waals surface area (Å²) in [6, 6.07) is 22.3. The second-order valence-corrected chi connectivity index (χ2v) is 7.10. The molecule has 0 aliphatic heterocycles. The number of rotatable bonds is 4. The van der Waals surface area contributed by atoms with Crippen LogP contribution in [-0.4, -0.2) is 27.0 Å². The number of benzene rings is 3. The Morgan fingerprint density at radius 2 is 1.71 bits per heavy atom. The summed E-state index contributed by atoms with van der Waals surface area (Å²) in [4.78, 5) is 17.7. The number of hydrogen-bond acceptors (Lipinski definition) is 6. The molecule has 0 saturated carbocycles. The molecule has 0 N–H and O–H groups in total. The third kappa shape index (κ3) is 3.36. The monoisotopic (exact) mass is 410 g/mol. The highest BCUT2D eigenvalue weighted by atomic mass is 16.5. The van der Waals surface area contributed by atoms with E-state index in [4.69, 9.17) is 9.26 Å². The van der Waals surface area contributed by atoms with E-state index in [0.29, 0.717) is 33.7 Å². The summed E-state index contributed by atoms with van der Waals surface area (Å²) in [5.41, 5.74) is 2.75. The highest BCUT2D eigenvalue weighted by Crippen LogP contribution is 2.27. The molecule has 0 bridgehead atoms. The van der Waals surface area contributed by atoms with E-state index in [1.807, 2.05) is 55.5 Å². The van der Waals surface area contributed by atoms with Crippen molar-refractivity contribution in [2.75, 3.05) is 7.11 Å². The lowest BCUT2D eigenvalue weighted by Gasteiger charge is -2.10. The van der Waals surface area contributed by atoms with Crippen LogP contribution >= 0.6 is 0 Å². The largest absolute Gasteiger partial charge is 0.497 e. The molecule has 2 heterocycles. The quantitative estimate of drug-likeness (QED) is 0.436. The first kappa shape index (κ1) is 18.7. The number of fused-ring (bicyclic) bond motifs is 1. The molecule has 7 nitrogen and oxygen atoms in total. The average molecular weight is 410 g/mol. The van der Waals surface area contributed by atoms with Crippen LogP contribution in [-0.2, 0) is 0 Å². The molecule has 0 aliphatic carbocycles. The lowest BCUT2D eigenvalue weighted by Crippen LogP contribution is -2.22. The van der Waals surface area contributed by atoms with Crippen molar-refractivity contribution in [2.24, 2.45) is 0 Å². The maximum absolute atomic E-state index is 13.2. The maximum Gasteiger partial charge on any atom is 0.279 e. The van der Waals surface area contributed by atoms with E-state index in [9.17, 15) is 4.79 Å². The number of methoxy groups -OCH3 is 1. The minimum Gasteiger partial charge on any atom is -0.497 e. The summed E-state index contributed by atoms with van der Waals surface area (Å²) < 4.78 is 12.2. The van der Waals surface area contributed by atoms with Crippen LogP contribution in [0.25, 0.3) is 39.4 Å². The van der Waals surface area contributed by atoms with Gasteiger partial charge in [-0.15, -0.1) is 0 Å². The van der Waals surface area contributed by atoms with Gasteiger partial charge in [-0.3, -0.25) is 4.79 Å². The van der Waals surface area contributed by atoms with Crippen LogP contribution in [0.1, 0.15) is 5.56 Å². The second kappa shape index (κ2) is 7.53. The number of aromatic nitrogens is 4. The Hall–Kier alpha value is -4.26. The summed E-state index contributed by atoms with van der Waals surface area (Å²) >= 11 is 0. The first-order valence-electron chi connectivity index (χ1n) is 9.71. The van der Waals surface area contributed by atoms with Crippen LogP contribution in [0.5, 0.6) is 5.75 Å². The van der Waals surface area contributed by atoms with Crippen molar-refractivity contribution in [1.29, 1.82) is 0 Å². The van der Waals surface area contributed by atoms with Crippen molar-refractivity contribution in [1.82, 2.24) is 19.9 Å². The molecule has 31 heavy (non-hydrogen) atoms. The molecule has 0 fully saturated rings. The van der Waals surface area contributed by atoms with Gasteiger partial charge in [0.1, 0.15) is 5.75 Å². The van der Waals surface area contributed by atoms with Gasteiger partial charge in [-0.25, -0.2) is 0 Å². The highest BCUT2D eigenvalue weighted by molar-refractivity contribution is 5.92. The van der Waals surface area contributed by atoms with E-state index in [1.165, 1.54) is 4.68 Å². The van der Waals surface area contributed by atoms with Crippen molar-refractivity contribution in [3.8, 4) is 34.4 Å². The van der Waals surface area contributed by atoms with Gasteiger partial charge in [0.25, 0.3) is 11.4 Å². The van der Waals surface area contributed by atoms with Crippen molar-refractivity contribution in [3.05, 3.63) is 88.7 Å². The standard InChI is InChI=1S/C24H18N4O3/c1-15-10-12-16(13-11-15)22-25-23(31-27-22)21-19-8-3-4-9-20(19)24(29)28(26-21)17-6-5-7-18(14-17)30-2/h3-14H,1-2H3. The van der Waals surface area contributed by atoms with Crippen molar-refractivity contribution in [2.45, 2.75) is 6.92 Å². The Kier molecular flexibility index (Phi) is 4.55. The van der Waals surface area contributed by atoms with Crippen LogP contribution in [0.15, 0.2) is 82.1 Å². The molecule has 0 aliphatic rings. The summed E-state index contributed by atoms with van der Waals surface area (Å²) in [7, 11) is 1.58. The lowest BCUT2D eigenvalue weighted by atomic mass is 10.1. The van der Waals surface area contributed by atoms with Crippen molar-refractivity contribution in [3.63, 3.8) is 0 Å². The van der Waals surface area contributed by atoms with E-state index < -0.39 is 0 Å². The van der Waals surface area contributed by atoms with E-state index >= 15 is 0 Å². The number of hydrogen-bond donors (Lipinski definition) is 0. The van der Waals surface area contributed by atoms with Gasteiger partial charge in [0, 0.05) is 17.0 Å². The van der Waals surface area contributed by atoms with Gasteiger partial charge in [0.15, 0.2) is 5.69 Å². The molecule has 5 rings (SSSR count). The molecular formula is C24H18N4O3. The minimum absolute atomic E-state index is 0.239. The van der Waals surface area contributed by atoms with Gasteiger partial charge in [-0.2, -0.15) is 14.8 Å². The number of aryl methyl sites for hydroxylation is 1. The molecule has 152 valence electrons. The van der Waals surface area contributed by atoms with Gasteiger partial charge in [0.05, 0.1) is 18.2 Å². The Bertz CT molecular complexity index is 1450. The Balaban J connectivity index is 1.71. The van der Waals surface area contributed by atoms with E-state index in [0.717, 1.165) is 11.1 Å². The van der Waals surface area contributed by atoms with Crippen LogP contribution in [0.2, 0.25) is 0 Å². The van der Waals surface area contributed by atoms with Crippen molar-refractivity contribution < 1.29 is 9.26 Å². The zero-order chi connectivity index (χ0) is 21.4. The summed E-state index contributed by atoms with van der Waals surface area (Å²) in [6.07, 6.45) is 0. The predicted molar refractivity (Wildman–Crippen MR) is 117 cm³/mol. The molecule has 0 atom stereocenters. The lowest BCUT2D eigenvalue weighted by molar-refractivity contribution is 0.414. The first-order valence-corrected chi connectivity index (χ1v) is 9.71. The second-order valence-electron chi connectivity index (χ2n) is 7.10. The third-order valence-electron chi connectivity index (χ3n) is 5.04. The SMILES string of the molecule is COc1cccc(-n2nc(-c3nc(-c4ccc(C)cc4)no3)c3ccccc3c2=O)c1. The Morgan fingerprint density at radius 1 is 0.935 bits per heavy atom. The third-order valence-corrected chi connectivity index (χ3v) is 5.04. The molecule has 0 amide bonds. The first-order chi connectivity index (χ1) is 15.1. The number of nitrogens with zero attached hydrogens (tertiary/aromatic N) is 4. The zero-order valence-electron chi connectivity index (χ0n) is 16.9. The van der Waals surface area contributed by atoms with Crippen LogP contribution in [0, 0.1) is 6.92 Å². The molecule has 0 spiro atoms. The fourth-order valence-electron chi connectivity index (χ4n) is 3.40. The summed E-state index contributed by atoms with van der Waals surface area (Å²) in [5.74, 6) is 1.32. The van der Waals surface area contributed by atoms with E-state index in [-0.39, 0.29) is 11.4 Å². The molecule has 2 aromatic heterocycles. The summed E-state index contributed by atoms with van der Waals surface area (Å²) in [6.45, 7) is 2.02. The molecule has 0 saturated heterocycles. The van der Waals surface area contributed by atoms with Crippen LogP contribution in [0.3, 0.4) is 0 Å². The average Bonchev–Trinajstić information content (AvgIpc) is 3.30. The zero-order valence-corrected chi connectivity index (χ0v) is 16.9. The topological polar surface area (TPSA) is 83.0 Å². The molecule has 7 heteroatoms. The minimum atomic E-state index is -0.245. The molecule has 3 aromatic carbocycles. The van der Waals surface area contributed by atoms with Gasteiger partial charge in [-0.1, -0.05) is 59.3 Å². The highest BCUT2D eigenvalue weighted by Gasteiger charge is 2.19. The smallest absolute Gasteiger partial charge is 0.279 e. The maximum atomic E-state index is 13.2. The van der Waals surface area contributed by atoms with Gasteiger partial charge in [0.2, 0.25) is 5.82 Å². The molecular weight excluding hydrogens is 392 g/mol. The summed E-state index contributed by atoms with van der Waals surface area (Å²) in [5, 5.41) is 9.86. The van der Waals surface area contributed by atoms with Gasteiger partial charge < -0.3 is 9.26 Å². The fraction of sp³-hybridized carbons (Fsp3) is 0.0833. The molecule has 0 unspecified atom stereocenters. The van der Waals surface area contributed by atoms with Gasteiger partial charge >= 0.3 is 0 Å². The van der Waals surface area contributed by atoms with Gasteiger partial charge in [-0.05, 0) is 25.1 Å². The Labute approximate surface area is 177 Å².